The molecule has 19 heavy (non-hydrogen) atoms. The van der Waals surface area contributed by atoms with Crippen molar-refractivity contribution in [1.29, 1.82) is 0 Å². The van der Waals surface area contributed by atoms with Gasteiger partial charge in [-0.15, -0.1) is 0 Å². The molecule has 1 radical (unpaired) electrons. The Labute approximate surface area is 119 Å². The van der Waals surface area contributed by atoms with Crippen LogP contribution in [0.2, 0.25) is 0 Å². The summed E-state index contributed by atoms with van der Waals surface area (Å²) in [5.74, 6) is 2.57. The highest BCUT2D eigenvalue weighted by Gasteiger charge is 2.18. The monoisotopic (exact) mass is 257 g/mol. The maximum absolute atomic E-state index is 2.38. The first-order chi connectivity index (χ1) is 9.35. The highest BCUT2D eigenvalue weighted by atomic mass is 14.2. The average Bonchev–Trinajstić information content (AvgIpc) is 2.47. The first kappa shape index (κ1) is 14.6. The van der Waals surface area contributed by atoms with Crippen molar-refractivity contribution < 1.29 is 0 Å². The SMILES string of the molecule is CCCC(CC)c1ccccc1C[C]1CCCCC1. The molecule has 0 aromatic heterocycles. The van der Waals surface area contributed by atoms with Crippen LogP contribution in [0.25, 0.3) is 0 Å². The Morgan fingerprint density at radius 2 is 1.74 bits per heavy atom. The lowest BCUT2D eigenvalue weighted by atomic mass is 9.81. The minimum Gasteiger partial charge on any atom is -0.0654 e. The Kier molecular flexibility index (Phi) is 5.94. The van der Waals surface area contributed by atoms with Gasteiger partial charge in [-0.2, -0.15) is 0 Å². The minimum atomic E-state index is 0.769. The van der Waals surface area contributed by atoms with Crippen LogP contribution in [0.5, 0.6) is 0 Å². The molecule has 1 aliphatic carbocycles. The Morgan fingerprint density at radius 1 is 1.00 bits per heavy atom. The maximum atomic E-state index is 2.38. The van der Waals surface area contributed by atoms with Crippen molar-refractivity contribution in [3.8, 4) is 0 Å². The molecular weight excluding hydrogens is 228 g/mol. The largest absolute Gasteiger partial charge is 0.0654 e. The van der Waals surface area contributed by atoms with Crippen LogP contribution in [0.4, 0.5) is 0 Å². The van der Waals surface area contributed by atoms with Gasteiger partial charge in [0.25, 0.3) is 0 Å². The Bertz CT molecular complexity index is 360. The Hall–Kier alpha value is -0.780. The molecule has 105 valence electrons. The molecule has 0 spiro atoms. The highest BCUT2D eigenvalue weighted by Crippen LogP contribution is 2.33. The molecule has 2 rings (SSSR count). The van der Waals surface area contributed by atoms with Gasteiger partial charge in [-0.05, 0) is 55.1 Å². The van der Waals surface area contributed by atoms with Gasteiger partial charge < -0.3 is 0 Å². The summed E-state index contributed by atoms with van der Waals surface area (Å²) in [4.78, 5) is 0. The van der Waals surface area contributed by atoms with E-state index in [1.165, 1.54) is 57.8 Å². The molecule has 0 saturated heterocycles. The quantitative estimate of drug-likeness (QED) is 0.581. The normalized spacial score (nSPS) is 18.4. The summed E-state index contributed by atoms with van der Waals surface area (Å²) < 4.78 is 0. The predicted molar refractivity (Wildman–Crippen MR) is 84.4 cm³/mol. The second-order valence-corrected chi connectivity index (χ2v) is 6.08. The van der Waals surface area contributed by atoms with Crippen molar-refractivity contribution in [3.63, 3.8) is 0 Å². The molecule has 1 unspecified atom stereocenters. The lowest BCUT2D eigenvalue weighted by molar-refractivity contribution is 0.516. The lowest BCUT2D eigenvalue weighted by Gasteiger charge is -2.24. The van der Waals surface area contributed by atoms with Gasteiger partial charge in [-0.3, -0.25) is 0 Å². The topological polar surface area (TPSA) is 0 Å². The fourth-order valence-electron chi connectivity index (χ4n) is 3.52. The van der Waals surface area contributed by atoms with Crippen molar-refractivity contribution in [3.05, 3.63) is 41.3 Å². The van der Waals surface area contributed by atoms with Gasteiger partial charge >= 0.3 is 0 Å². The van der Waals surface area contributed by atoms with E-state index in [-0.39, 0.29) is 0 Å². The zero-order valence-corrected chi connectivity index (χ0v) is 12.8. The van der Waals surface area contributed by atoms with Gasteiger partial charge in [0.1, 0.15) is 0 Å². The van der Waals surface area contributed by atoms with Gasteiger partial charge in [0.05, 0.1) is 0 Å². The van der Waals surface area contributed by atoms with E-state index >= 15 is 0 Å². The summed E-state index contributed by atoms with van der Waals surface area (Å²) in [6.07, 6.45) is 12.2. The van der Waals surface area contributed by atoms with Gasteiger partial charge in [0.2, 0.25) is 0 Å². The number of benzene rings is 1. The van der Waals surface area contributed by atoms with Crippen molar-refractivity contribution in [1.82, 2.24) is 0 Å². The molecule has 0 nitrogen and oxygen atoms in total. The molecule has 0 bridgehead atoms. The van der Waals surface area contributed by atoms with Gasteiger partial charge in [-0.1, -0.05) is 63.8 Å². The Balaban J connectivity index is 2.10. The summed E-state index contributed by atoms with van der Waals surface area (Å²) in [7, 11) is 0. The molecule has 0 heteroatoms. The zero-order valence-electron chi connectivity index (χ0n) is 12.8. The first-order valence-corrected chi connectivity index (χ1v) is 8.26. The van der Waals surface area contributed by atoms with E-state index in [9.17, 15) is 0 Å². The average molecular weight is 257 g/mol. The molecule has 1 saturated carbocycles. The molecular formula is C19H29. The van der Waals surface area contributed by atoms with Crippen LogP contribution in [0.15, 0.2) is 24.3 Å². The van der Waals surface area contributed by atoms with E-state index in [1.807, 2.05) is 0 Å². The summed E-state index contributed by atoms with van der Waals surface area (Å²) in [5.41, 5.74) is 3.24. The van der Waals surface area contributed by atoms with E-state index in [0.717, 1.165) is 5.92 Å². The van der Waals surface area contributed by atoms with Crippen LogP contribution in [-0.4, -0.2) is 0 Å². The van der Waals surface area contributed by atoms with Crippen LogP contribution in [-0.2, 0) is 6.42 Å². The first-order valence-electron chi connectivity index (χ1n) is 8.26. The zero-order chi connectivity index (χ0) is 13.5. The molecule has 0 N–H and O–H groups in total. The fourth-order valence-corrected chi connectivity index (χ4v) is 3.52. The van der Waals surface area contributed by atoms with Crippen molar-refractivity contribution in [2.75, 3.05) is 0 Å². The second-order valence-electron chi connectivity index (χ2n) is 6.08. The summed E-state index contributed by atoms with van der Waals surface area (Å²) in [6.45, 7) is 4.64. The Morgan fingerprint density at radius 3 is 2.42 bits per heavy atom. The van der Waals surface area contributed by atoms with Crippen LogP contribution in [0, 0.1) is 5.92 Å². The summed E-state index contributed by atoms with van der Waals surface area (Å²) in [5, 5.41) is 0. The molecule has 1 atom stereocenters. The third-order valence-electron chi connectivity index (χ3n) is 4.63. The van der Waals surface area contributed by atoms with Gasteiger partial charge in [-0.25, -0.2) is 0 Å². The number of hydrogen-bond donors (Lipinski definition) is 0. The number of rotatable bonds is 6. The predicted octanol–water partition coefficient (Wildman–Crippen LogP) is 6.06. The third kappa shape index (κ3) is 4.09. The smallest absolute Gasteiger partial charge is 0.0162 e. The standard InChI is InChI=1S/C19H29/c1-3-10-17(4-2)19-14-9-8-13-18(19)15-16-11-6-5-7-12-16/h8-9,13-14,17H,3-7,10-12,15H2,1-2H3. The lowest BCUT2D eigenvalue weighted by Crippen LogP contribution is -2.10. The van der Waals surface area contributed by atoms with E-state index in [0.29, 0.717) is 0 Å². The molecule has 1 aliphatic rings. The van der Waals surface area contributed by atoms with Crippen LogP contribution in [0.3, 0.4) is 0 Å². The molecule has 1 fully saturated rings. The van der Waals surface area contributed by atoms with Crippen LogP contribution < -0.4 is 0 Å². The summed E-state index contributed by atoms with van der Waals surface area (Å²) in [6, 6.07) is 9.20. The fraction of sp³-hybridized carbons (Fsp3) is 0.632. The van der Waals surface area contributed by atoms with E-state index < -0.39 is 0 Å². The van der Waals surface area contributed by atoms with Gasteiger partial charge in [0, 0.05) is 0 Å². The molecule has 0 amide bonds. The maximum Gasteiger partial charge on any atom is -0.0162 e. The van der Waals surface area contributed by atoms with Crippen molar-refractivity contribution in [2.24, 2.45) is 0 Å². The number of hydrogen-bond acceptors (Lipinski definition) is 0. The molecule has 1 aromatic rings. The second kappa shape index (κ2) is 7.72. The molecule has 1 aromatic carbocycles. The van der Waals surface area contributed by atoms with Crippen molar-refractivity contribution >= 4 is 0 Å². The van der Waals surface area contributed by atoms with Gasteiger partial charge in [0.15, 0.2) is 0 Å². The summed E-state index contributed by atoms with van der Waals surface area (Å²) >= 11 is 0. The van der Waals surface area contributed by atoms with E-state index in [2.05, 4.69) is 38.1 Å². The van der Waals surface area contributed by atoms with E-state index in [4.69, 9.17) is 0 Å². The van der Waals surface area contributed by atoms with Crippen LogP contribution in [0.1, 0.15) is 82.3 Å². The minimum absolute atomic E-state index is 0.769. The molecule has 0 aliphatic heterocycles. The van der Waals surface area contributed by atoms with Crippen LogP contribution >= 0.6 is 0 Å². The molecule has 0 heterocycles. The van der Waals surface area contributed by atoms with Crippen molar-refractivity contribution in [2.45, 2.75) is 77.6 Å². The van der Waals surface area contributed by atoms with E-state index in [1.54, 1.807) is 17.0 Å². The highest BCUT2D eigenvalue weighted by molar-refractivity contribution is 5.32. The third-order valence-corrected chi connectivity index (χ3v) is 4.63.